The zero-order valence-corrected chi connectivity index (χ0v) is 17.4. The van der Waals surface area contributed by atoms with Crippen molar-refractivity contribution in [3.8, 4) is 0 Å². The molecule has 176 valence electrons. The van der Waals surface area contributed by atoms with Crippen LogP contribution in [0.4, 0.5) is 8.78 Å². The number of fused-ring (bicyclic) bond motifs is 1. The first-order valence-electron chi connectivity index (χ1n) is 9.90. The largest absolute Gasteiger partial charge is 0.481 e. The maximum absolute atomic E-state index is 14.1. The van der Waals surface area contributed by atoms with Crippen molar-refractivity contribution in [2.24, 2.45) is 0 Å². The number of H-pyrrole nitrogens is 1. The summed E-state index contributed by atoms with van der Waals surface area (Å²) in [6.45, 7) is 0.230. The van der Waals surface area contributed by atoms with E-state index in [9.17, 15) is 32.8 Å². The van der Waals surface area contributed by atoms with Crippen molar-refractivity contribution in [3.63, 3.8) is 0 Å². The number of carbonyl (C=O) groups is 5. The van der Waals surface area contributed by atoms with Crippen LogP contribution in [-0.4, -0.2) is 80.5 Å². The lowest BCUT2D eigenvalue weighted by molar-refractivity contribution is -0.142. The second-order valence-electron chi connectivity index (χ2n) is 7.72. The number of halogens is 2. The van der Waals surface area contributed by atoms with Gasteiger partial charge in [0.25, 0.3) is 11.8 Å². The number of carbonyl (C=O) groups excluding carboxylic acids is 4. The molecule has 3 atom stereocenters. The lowest BCUT2D eigenvalue weighted by atomic mass is 10.1. The molecule has 3 amide bonds. The Kier molecular flexibility index (Phi) is 6.70. The molecule has 0 saturated carbocycles. The summed E-state index contributed by atoms with van der Waals surface area (Å²) in [5, 5.41) is 13.3. The second kappa shape index (κ2) is 9.30. The van der Waals surface area contributed by atoms with Crippen molar-refractivity contribution in [1.82, 2.24) is 25.5 Å². The van der Waals surface area contributed by atoms with Crippen molar-refractivity contribution in [3.05, 3.63) is 30.1 Å². The van der Waals surface area contributed by atoms with E-state index in [1.807, 2.05) is 0 Å². The Hall–Kier alpha value is -3.90. The lowest BCUT2D eigenvalue weighted by Crippen LogP contribution is -2.54. The molecule has 1 saturated heterocycles. The summed E-state index contributed by atoms with van der Waals surface area (Å²) in [4.78, 5) is 67.1. The standard InChI is InChI=1S/C20H21F2N5O6/c1-10(25-17(31)11-2-3-13-14(4-11)24-9-23-13)19(33)27-8-20(21,22)6-15(27)18(32)26-12(7-28)5-16(29)30/h2-4,7,9-10,12,15H,5-6,8H2,1H3,(H,23,24)(H,25,31)(H,26,32)(H,29,30)/t10-,12-,15?/m0/s1. The van der Waals surface area contributed by atoms with Gasteiger partial charge in [-0.05, 0) is 25.1 Å². The van der Waals surface area contributed by atoms with E-state index in [4.69, 9.17) is 5.11 Å². The van der Waals surface area contributed by atoms with Gasteiger partial charge in [-0.3, -0.25) is 19.2 Å². The van der Waals surface area contributed by atoms with E-state index in [1.54, 1.807) is 6.07 Å². The average molecular weight is 465 g/mol. The monoisotopic (exact) mass is 465 g/mol. The molecule has 1 aromatic heterocycles. The molecule has 0 spiro atoms. The van der Waals surface area contributed by atoms with Crippen LogP contribution >= 0.6 is 0 Å². The number of carboxylic acid groups (broad SMARTS) is 1. The van der Waals surface area contributed by atoms with Gasteiger partial charge in [-0.25, -0.2) is 13.8 Å². The van der Waals surface area contributed by atoms with Crippen molar-refractivity contribution in [1.29, 1.82) is 0 Å². The summed E-state index contributed by atoms with van der Waals surface area (Å²) in [5.74, 6) is -7.40. The molecule has 1 unspecified atom stereocenters. The molecular weight excluding hydrogens is 444 g/mol. The number of likely N-dealkylation sites (tertiary alicyclic amines) is 1. The van der Waals surface area contributed by atoms with Gasteiger partial charge in [0.05, 0.1) is 36.4 Å². The molecule has 3 rings (SSSR count). The Labute approximate surface area is 185 Å². The van der Waals surface area contributed by atoms with E-state index in [0.29, 0.717) is 15.9 Å². The minimum atomic E-state index is -3.38. The van der Waals surface area contributed by atoms with E-state index in [-0.39, 0.29) is 11.8 Å². The van der Waals surface area contributed by atoms with E-state index in [1.165, 1.54) is 25.4 Å². The number of benzene rings is 1. The summed E-state index contributed by atoms with van der Waals surface area (Å²) in [7, 11) is 0. The molecule has 4 N–H and O–H groups in total. The van der Waals surface area contributed by atoms with Crippen LogP contribution in [-0.2, 0) is 19.2 Å². The molecule has 2 aromatic rings. The fourth-order valence-electron chi connectivity index (χ4n) is 3.55. The van der Waals surface area contributed by atoms with E-state index in [2.05, 4.69) is 20.6 Å². The van der Waals surface area contributed by atoms with Crippen molar-refractivity contribution >= 4 is 41.0 Å². The molecule has 13 heteroatoms. The number of nitrogens with one attached hydrogen (secondary N) is 3. The predicted octanol–water partition coefficient (Wildman–Crippen LogP) is 0.0758. The molecule has 0 bridgehead atoms. The number of aliphatic carboxylic acids is 1. The third-order valence-electron chi connectivity index (χ3n) is 5.14. The predicted molar refractivity (Wildman–Crippen MR) is 108 cm³/mol. The molecular formula is C20H21F2N5O6. The number of rotatable bonds is 8. The fourth-order valence-corrected chi connectivity index (χ4v) is 3.55. The Morgan fingerprint density at radius 1 is 1.33 bits per heavy atom. The third-order valence-corrected chi connectivity index (χ3v) is 5.14. The van der Waals surface area contributed by atoms with E-state index >= 15 is 0 Å². The van der Waals surface area contributed by atoms with Crippen molar-refractivity contribution in [2.45, 2.75) is 43.8 Å². The fraction of sp³-hybridized carbons (Fsp3) is 0.400. The topological polar surface area (TPSA) is 162 Å². The third kappa shape index (κ3) is 5.48. The minimum absolute atomic E-state index is 0.171. The Morgan fingerprint density at radius 2 is 2.06 bits per heavy atom. The quantitative estimate of drug-likeness (QED) is 0.401. The molecule has 2 heterocycles. The van der Waals surface area contributed by atoms with E-state index in [0.717, 1.165) is 0 Å². The SMILES string of the molecule is C[C@H](NC(=O)c1ccc2nc[nH]c2c1)C(=O)N1CC(F)(F)CC1C(=O)N[C@H](C=O)CC(=O)O. The van der Waals surface area contributed by atoms with Crippen LogP contribution in [0.3, 0.4) is 0 Å². The van der Waals surface area contributed by atoms with Gasteiger partial charge in [0, 0.05) is 12.0 Å². The highest BCUT2D eigenvalue weighted by Gasteiger charge is 2.51. The normalized spacial score (nSPS) is 19.0. The number of aldehydes is 1. The zero-order chi connectivity index (χ0) is 24.3. The van der Waals surface area contributed by atoms with Gasteiger partial charge in [0.15, 0.2) is 0 Å². The number of aromatic nitrogens is 2. The highest BCUT2D eigenvalue weighted by Crippen LogP contribution is 2.32. The van der Waals surface area contributed by atoms with Gasteiger partial charge < -0.3 is 30.4 Å². The van der Waals surface area contributed by atoms with Crippen LogP contribution in [0.25, 0.3) is 11.0 Å². The zero-order valence-electron chi connectivity index (χ0n) is 17.4. The summed E-state index contributed by atoms with van der Waals surface area (Å²) >= 11 is 0. The molecule has 1 fully saturated rings. The number of aromatic amines is 1. The van der Waals surface area contributed by atoms with Crippen LogP contribution < -0.4 is 10.6 Å². The summed E-state index contributed by atoms with van der Waals surface area (Å²) in [6.07, 6.45) is -0.118. The molecule has 1 aromatic carbocycles. The van der Waals surface area contributed by atoms with Crippen molar-refractivity contribution < 1.29 is 37.9 Å². The first-order chi connectivity index (χ1) is 15.5. The maximum Gasteiger partial charge on any atom is 0.305 e. The molecule has 1 aliphatic heterocycles. The number of hydrogen-bond acceptors (Lipinski definition) is 6. The number of alkyl halides is 2. The Morgan fingerprint density at radius 3 is 2.73 bits per heavy atom. The number of hydrogen-bond donors (Lipinski definition) is 4. The molecule has 33 heavy (non-hydrogen) atoms. The number of carboxylic acids is 1. The summed E-state index contributed by atoms with van der Waals surface area (Å²) in [5.41, 5.74) is 1.42. The molecule has 1 aliphatic rings. The van der Waals surface area contributed by atoms with Crippen LogP contribution in [0.2, 0.25) is 0 Å². The summed E-state index contributed by atoms with van der Waals surface area (Å²) < 4.78 is 28.1. The molecule has 0 aliphatic carbocycles. The highest BCUT2D eigenvalue weighted by molar-refractivity contribution is 6.00. The average Bonchev–Trinajstić information content (AvgIpc) is 3.35. The first-order valence-corrected chi connectivity index (χ1v) is 9.90. The summed E-state index contributed by atoms with van der Waals surface area (Å²) in [6, 6.07) is 0.268. The van der Waals surface area contributed by atoms with Gasteiger partial charge in [-0.15, -0.1) is 0 Å². The van der Waals surface area contributed by atoms with Crippen LogP contribution in [0.5, 0.6) is 0 Å². The number of imidazole rings is 1. The van der Waals surface area contributed by atoms with Gasteiger partial charge in [0.2, 0.25) is 11.8 Å². The van der Waals surface area contributed by atoms with Crippen LogP contribution in [0, 0.1) is 0 Å². The Balaban J connectivity index is 1.70. The highest BCUT2D eigenvalue weighted by atomic mass is 19.3. The van der Waals surface area contributed by atoms with Crippen LogP contribution in [0.15, 0.2) is 24.5 Å². The minimum Gasteiger partial charge on any atom is -0.481 e. The smallest absolute Gasteiger partial charge is 0.305 e. The first kappa shape index (κ1) is 23.8. The Bertz CT molecular complexity index is 1100. The number of nitrogens with zero attached hydrogens (tertiary/aromatic N) is 2. The van der Waals surface area contributed by atoms with Crippen molar-refractivity contribution in [2.75, 3.05) is 6.54 Å². The second-order valence-corrected chi connectivity index (χ2v) is 7.72. The lowest BCUT2D eigenvalue weighted by Gasteiger charge is -2.27. The maximum atomic E-state index is 14.1. The van der Waals surface area contributed by atoms with Crippen LogP contribution in [0.1, 0.15) is 30.1 Å². The van der Waals surface area contributed by atoms with Gasteiger partial charge in [0.1, 0.15) is 18.4 Å². The van der Waals surface area contributed by atoms with Gasteiger partial charge >= 0.3 is 5.97 Å². The number of amides is 3. The van der Waals surface area contributed by atoms with Gasteiger partial charge in [-0.2, -0.15) is 0 Å². The molecule has 11 nitrogen and oxygen atoms in total. The van der Waals surface area contributed by atoms with Gasteiger partial charge in [-0.1, -0.05) is 0 Å². The molecule has 0 radical (unpaired) electrons. The van der Waals surface area contributed by atoms with E-state index < -0.39 is 67.1 Å².